The fourth-order valence-corrected chi connectivity index (χ4v) is 0.354. The first-order chi connectivity index (χ1) is 9.38. The zero-order valence-electron chi connectivity index (χ0n) is 10.7. The van der Waals surface area contributed by atoms with Gasteiger partial charge >= 0.3 is 39.0 Å². The third-order valence-electron chi connectivity index (χ3n) is 0.866. The maximum Gasteiger partial charge on any atom is 3.00 e. The normalized spacial score (nSPS) is 7.30. The number of hydrogen-bond acceptors (Lipinski definition) is 12. The van der Waals surface area contributed by atoms with Gasteiger partial charge in [0.1, 0.15) is 0 Å². The van der Waals surface area contributed by atoms with E-state index in [2.05, 4.69) is 0 Å². The van der Waals surface area contributed by atoms with Crippen LogP contribution in [0.25, 0.3) is 0 Å². The van der Waals surface area contributed by atoms with Gasteiger partial charge in [-0.3, -0.25) is 0 Å². The zero-order chi connectivity index (χ0) is 17.6. The molecule has 0 aromatic heterocycles. The molecule has 0 saturated heterocycles. The molecule has 0 rings (SSSR count). The van der Waals surface area contributed by atoms with E-state index in [-0.39, 0.29) is 39.0 Å². The monoisotopic (exact) mass is 510 g/mol. The van der Waals surface area contributed by atoms with Crippen LogP contribution in [0.5, 0.6) is 0 Å². The van der Waals surface area contributed by atoms with Gasteiger partial charge in [-0.25, -0.2) is 0 Å². The van der Waals surface area contributed by atoms with E-state index < -0.39 is 55.1 Å². The van der Waals surface area contributed by atoms with Gasteiger partial charge in [-0.2, -0.15) is 0 Å². The van der Waals surface area contributed by atoms with Crippen molar-refractivity contribution >= 4 is 35.8 Å². The number of aliphatic carboxylic acids is 6. The van der Waals surface area contributed by atoms with Gasteiger partial charge in [0.05, 0.1) is 0 Å². The second-order valence-corrected chi connectivity index (χ2v) is 2.76. The summed E-state index contributed by atoms with van der Waals surface area (Å²) in [6.07, 6.45) is -3.08. The van der Waals surface area contributed by atoms with Crippen molar-refractivity contribution in [1.29, 1.82) is 0 Å². The SMILES string of the molecule is O=C([O-])CC(=O)[O-].O=C([O-])CC(=O)[O-].O=C([O-])CC(=O)[O-].[Ru+3].[Ru+3]. The smallest absolute Gasteiger partial charge is 0.550 e. The topological polar surface area (TPSA) is 241 Å². The second-order valence-electron chi connectivity index (χ2n) is 2.76. The van der Waals surface area contributed by atoms with E-state index in [0.717, 1.165) is 0 Å². The number of carbonyl (C=O) groups is 6. The number of carboxylic acid groups (broad SMARTS) is 6. The van der Waals surface area contributed by atoms with Crippen molar-refractivity contribution in [3.05, 3.63) is 0 Å². The van der Waals surface area contributed by atoms with Crippen LogP contribution >= 0.6 is 0 Å². The number of carbonyl (C=O) groups excluding carboxylic acids is 6. The first kappa shape index (κ1) is 32.9. The Labute approximate surface area is 153 Å². The van der Waals surface area contributed by atoms with Crippen LogP contribution in [0.1, 0.15) is 19.3 Å². The largest absolute Gasteiger partial charge is 3.00 e. The standard InChI is InChI=1S/3C3H4O4.2Ru/c3*4-2(5)1-3(6)7;;/h3*1H2,(H,4,5)(H,6,7);;/q;;;2*+3/p-6. The molecule has 130 valence electrons. The van der Waals surface area contributed by atoms with E-state index in [0.29, 0.717) is 0 Å². The summed E-state index contributed by atoms with van der Waals surface area (Å²) >= 11 is 0. The van der Waals surface area contributed by atoms with E-state index in [1.54, 1.807) is 0 Å². The van der Waals surface area contributed by atoms with Crippen molar-refractivity contribution < 1.29 is 98.4 Å². The predicted molar refractivity (Wildman–Crippen MR) is 43.9 cm³/mol. The van der Waals surface area contributed by atoms with Gasteiger partial charge in [-0.05, 0) is 0 Å². The minimum absolute atomic E-state index is 0. The van der Waals surface area contributed by atoms with Crippen molar-refractivity contribution in [3.8, 4) is 0 Å². The zero-order valence-corrected chi connectivity index (χ0v) is 14.2. The van der Waals surface area contributed by atoms with Gasteiger partial charge in [0.2, 0.25) is 0 Å². The summed E-state index contributed by atoms with van der Waals surface area (Å²) in [5.41, 5.74) is 0. The fourth-order valence-electron chi connectivity index (χ4n) is 0.354. The Hall–Kier alpha value is -1.93. The van der Waals surface area contributed by atoms with Crippen molar-refractivity contribution in [1.82, 2.24) is 0 Å². The van der Waals surface area contributed by atoms with Crippen LogP contribution in [0.15, 0.2) is 0 Å². The molecule has 2 radical (unpaired) electrons. The molecular weight excluding hydrogens is 502 g/mol. The molecule has 23 heavy (non-hydrogen) atoms. The Morgan fingerprint density at radius 1 is 0.391 bits per heavy atom. The average Bonchev–Trinajstić information content (AvgIpc) is 2.10. The van der Waals surface area contributed by atoms with Crippen molar-refractivity contribution in [2.45, 2.75) is 19.3 Å². The van der Waals surface area contributed by atoms with Gasteiger partial charge in [0.15, 0.2) is 0 Å². The molecule has 0 saturated carbocycles. The second kappa shape index (κ2) is 20.1. The van der Waals surface area contributed by atoms with Gasteiger partial charge < -0.3 is 59.4 Å². The van der Waals surface area contributed by atoms with Crippen LogP contribution in [0, 0.1) is 0 Å². The molecule has 0 fully saturated rings. The van der Waals surface area contributed by atoms with Crippen LogP contribution < -0.4 is 30.6 Å². The summed E-state index contributed by atoms with van der Waals surface area (Å²) in [7, 11) is 0. The van der Waals surface area contributed by atoms with E-state index in [9.17, 15) is 59.4 Å². The molecule has 0 bridgehead atoms. The minimum Gasteiger partial charge on any atom is -0.550 e. The number of carboxylic acids is 6. The number of hydrogen-bond donors (Lipinski definition) is 0. The quantitative estimate of drug-likeness (QED) is 0.240. The van der Waals surface area contributed by atoms with Gasteiger partial charge in [-0.1, -0.05) is 0 Å². The summed E-state index contributed by atoms with van der Waals surface area (Å²) in [4.78, 5) is 55.7. The Balaban J connectivity index is -0.0000000675. The van der Waals surface area contributed by atoms with Crippen LogP contribution in [0.4, 0.5) is 0 Å². The Kier molecular flexibility index (Phi) is 28.7. The Morgan fingerprint density at radius 2 is 0.478 bits per heavy atom. The molecule has 0 aromatic rings. The molecule has 0 aliphatic carbocycles. The first-order valence-corrected chi connectivity index (χ1v) is 4.57. The molecule has 0 aliphatic heterocycles. The third-order valence-corrected chi connectivity index (χ3v) is 0.866. The Bertz CT molecular complexity index is 321. The number of rotatable bonds is 6. The van der Waals surface area contributed by atoms with E-state index >= 15 is 0 Å². The minimum atomic E-state index is -1.63. The summed E-state index contributed by atoms with van der Waals surface area (Å²) in [6, 6.07) is 0. The van der Waals surface area contributed by atoms with E-state index in [1.807, 2.05) is 0 Å². The molecule has 0 amide bonds. The van der Waals surface area contributed by atoms with Crippen molar-refractivity contribution in [2.24, 2.45) is 0 Å². The molecular formula is C9H6O12Ru2. The van der Waals surface area contributed by atoms with Crippen LogP contribution in [-0.4, -0.2) is 35.8 Å². The molecule has 0 heterocycles. The summed E-state index contributed by atoms with van der Waals surface area (Å²) in [5.74, 6) is -9.75. The molecule has 12 nitrogen and oxygen atoms in total. The summed E-state index contributed by atoms with van der Waals surface area (Å²) in [5, 5.41) is 55.7. The van der Waals surface area contributed by atoms with E-state index in [1.165, 1.54) is 0 Å². The average molecular weight is 508 g/mol. The molecule has 0 atom stereocenters. The maximum atomic E-state index is 9.28. The van der Waals surface area contributed by atoms with Crippen LogP contribution in [0.3, 0.4) is 0 Å². The van der Waals surface area contributed by atoms with Gasteiger partial charge in [0.25, 0.3) is 0 Å². The van der Waals surface area contributed by atoms with Crippen LogP contribution in [-0.2, 0) is 67.7 Å². The van der Waals surface area contributed by atoms with Gasteiger partial charge in [0, 0.05) is 55.1 Å². The van der Waals surface area contributed by atoms with Crippen molar-refractivity contribution in [3.63, 3.8) is 0 Å². The van der Waals surface area contributed by atoms with Gasteiger partial charge in [-0.15, -0.1) is 0 Å². The molecule has 0 spiro atoms. The molecule has 0 unspecified atom stereocenters. The molecule has 0 aliphatic rings. The van der Waals surface area contributed by atoms with Crippen molar-refractivity contribution in [2.75, 3.05) is 0 Å². The third kappa shape index (κ3) is 64.6. The maximum absolute atomic E-state index is 9.28. The molecule has 0 aromatic carbocycles. The van der Waals surface area contributed by atoms with E-state index in [4.69, 9.17) is 0 Å². The molecule has 14 heteroatoms. The molecule has 0 N–H and O–H groups in total. The fraction of sp³-hybridized carbons (Fsp3) is 0.333. The Morgan fingerprint density at radius 3 is 0.478 bits per heavy atom. The van der Waals surface area contributed by atoms with Crippen LogP contribution in [0.2, 0.25) is 0 Å². The first-order valence-electron chi connectivity index (χ1n) is 4.57. The summed E-state index contributed by atoms with van der Waals surface area (Å²) < 4.78 is 0. The summed E-state index contributed by atoms with van der Waals surface area (Å²) in [6.45, 7) is 0. The predicted octanol–water partition coefficient (Wildman–Crippen LogP) is -9.38.